The molecule has 4 nitrogen and oxygen atoms in total. The lowest BCUT2D eigenvalue weighted by Crippen LogP contribution is -2.11. The van der Waals surface area contributed by atoms with Gasteiger partial charge in [-0.2, -0.15) is 0 Å². The van der Waals surface area contributed by atoms with E-state index in [1.54, 1.807) is 0 Å². The molecule has 0 radical (unpaired) electrons. The minimum absolute atomic E-state index is 0.123. The molecule has 122 valence electrons. The van der Waals surface area contributed by atoms with Gasteiger partial charge in [0.1, 0.15) is 5.82 Å². The molecule has 4 aromatic rings. The standard InChI is InChI=1S/C21H17N3O/c1-14-9-11-15(12-10-14)21(25)22-17-6-4-5-16(13-17)20-23-18-7-2-3-8-19(18)24-20/h2-13H,1H3,(H,22,25)(H,23,24). The molecule has 1 aromatic heterocycles. The van der Waals surface area contributed by atoms with Gasteiger partial charge in [-0.15, -0.1) is 0 Å². The summed E-state index contributed by atoms with van der Waals surface area (Å²) in [5.74, 6) is 0.661. The number of benzene rings is 3. The highest BCUT2D eigenvalue weighted by Gasteiger charge is 2.08. The fourth-order valence-corrected chi connectivity index (χ4v) is 2.74. The number of carbonyl (C=O) groups is 1. The fraction of sp³-hybridized carbons (Fsp3) is 0.0476. The lowest BCUT2D eigenvalue weighted by molar-refractivity contribution is 0.102. The molecule has 0 aliphatic heterocycles. The van der Waals surface area contributed by atoms with Gasteiger partial charge >= 0.3 is 0 Å². The minimum atomic E-state index is -0.123. The number of para-hydroxylation sites is 2. The van der Waals surface area contributed by atoms with Crippen molar-refractivity contribution in [3.8, 4) is 11.4 Å². The number of aromatic nitrogens is 2. The zero-order valence-electron chi connectivity index (χ0n) is 13.8. The summed E-state index contributed by atoms with van der Waals surface area (Å²) in [4.78, 5) is 20.3. The Balaban J connectivity index is 1.60. The van der Waals surface area contributed by atoms with E-state index in [9.17, 15) is 4.79 Å². The first-order valence-electron chi connectivity index (χ1n) is 8.12. The Labute approximate surface area is 145 Å². The van der Waals surface area contributed by atoms with E-state index >= 15 is 0 Å². The maximum atomic E-state index is 12.4. The Bertz CT molecular complexity index is 1020. The summed E-state index contributed by atoms with van der Waals surface area (Å²) >= 11 is 0. The highest BCUT2D eigenvalue weighted by atomic mass is 16.1. The summed E-state index contributed by atoms with van der Waals surface area (Å²) in [6, 6.07) is 23.1. The van der Waals surface area contributed by atoms with Crippen LogP contribution in [0.5, 0.6) is 0 Å². The van der Waals surface area contributed by atoms with Gasteiger partial charge in [0.05, 0.1) is 11.0 Å². The monoisotopic (exact) mass is 327 g/mol. The molecule has 4 rings (SSSR count). The van der Waals surface area contributed by atoms with Crippen molar-refractivity contribution in [1.29, 1.82) is 0 Å². The predicted molar refractivity (Wildman–Crippen MR) is 101 cm³/mol. The van der Waals surface area contributed by atoms with Crippen LogP contribution in [0.1, 0.15) is 15.9 Å². The number of rotatable bonds is 3. The normalized spacial score (nSPS) is 10.8. The summed E-state index contributed by atoms with van der Waals surface area (Å²) in [5, 5.41) is 2.94. The van der Waals surface area contributed by atoms with E-state index in [0.717, 1.165) is 33.7 Å². The third-order valence-electron chi connectivity index (χ3n) is 4.10. The molecule has 0 aliphatic carbocycles. The van der Waals surface area contributed by atoms with Crippen LogP contribution in [0.25, 0.3) is 22.4 Å². The molecule has 4 heteroatoms. The van der Waals surface area contributed by atoms with Crippen LogP contribution >= 0.6 is 0 Å². The number of fused-ring (bicyclic) bond motifs is 1. The summed E-state index contributed by atoms with van der Waals surface area (Å²) in [6.07, 6.45) is 0. The Morgan fingerprint density at radius 2 is 1.76 bits per heavy atom. The van der Waals surface area contributed by atoms with Gasteiger partial charge in [-0.1, -0.05) is 42.0 Å². The van der Waals surface area contributed by atoms with Crippen LogP contribution < -0.4 is 5.32 Å². The van der Waals surface area contributed by atoms with E-state index in [-0.39, 0.29) is 5.91 Å². The molecule has 0 spiro atoms. The minimum Gasteiger partial charge on any atom is -0.338 e. The molecule has 3 aromatic carbocycles. The van der Waals surface area contributed by atoms with Crippen molar-refractivity contribution < 1.29 is 4.79 Å². The van der Waals surface area contributed by atoms with E-state index < -0.39 is 0 Å². The SMILES string of the molecule is Cc1ccc(C(=O)Nc2cccc(-c3nc4ccccc4[nH]3)c2)cc1. The maximum absolute atomic E-state index is 12.4. The van der Waals surface area contributed by atoms with Crippen LogP contribution in [-0.4, -0.2) is 15.9 Å². The second kappa shape index (κ2) is 6.24. The average molecular weight is 327 g/mol. The largest absolute Gasteiger partial charge is 0.338 e. The molecule has 0 bridgehead atoms. The highest BCUT2D eigenvalue weighted by molar-refractivity contribution is 6.04. The first-order chi connectivity index (χ1) is 12.2. The number of nitrogens with one attached hydrogen (secondary N) is 2. The summed E-state index contributed by atoms with van der Waals surface area (Å²) in [5.41, 5.74) is 5.35. The second-order valence-electron chi connectivity index (χ2n) is 6.00. The third-order valence-corrected chi connectivity index (χ3v) is 4.10. The van der Waals surface area contributed by atoms with Gasteiger partial charge < -0.3 is 10.3 Å². The van der Waals surface area contributed by atoms with E-state index in [2.05, 4.69) is 15.3 Å². The van der Waals surface area contributed by atoms with Crippen molar-refractivity contribution >= 4 is 22.6 Å². The Kier molecular flexibility index (Phi) is 3.78. The van der Waals surface area contributed by atoms with Crippen molar-refractivity contribution in [1.82, 2.24) is 9.97 Å². The van der Waals surface area contributed by atoms with Gasteiger partial charge in [-0.25, -0.2) is 4.98 Å². The highest BCUT2D eigenvalue weighted by Crippen LogP contribution is 2.23. The number of anilines is 1. The number of nitrogens with zero attached hydrogens (tertiary/aromatic N) is 1. The quantitative estimate of drug-likeness (QED) is 0.568. The van der Waals surface area contributed by atoms with Crippen molar-refractivity contribution in [2.24, 2.45) is 0 Å². The summed E-state index contributed by atoms with van der Waals surface area (Å²) < 4.78 is 0. The number of carbonyl (C=O) groups excluding carboxylic acids is 1. The topological polar surface area (TPSA) is 57.8 Å². The molecular weight excluding hydrogens is 310 g/mol. The molecule has 0 atom stereocenters. The van der Waals surface area contributed by atoms with Gasteiger partial charge in [-0.05, 0) is 43.3 Å². The Hall–Kier alpha value is -3.40. The summed E-state index contributed by atoms with van der Waals surface area (Å²) in [7, 11) is 0. The molecule has 2 N–H and O–H groups in total. The zero-order valence-corrected chi connectivity index (χ0v) is 13.8. The molecule has 0 fully saturated rings. The lowest BCUT2D eigenvalue weighted by Gasteiger charge is -2.07. The predicted octanol–water partition coefficient (Wildman–Crippen LogP) is 4.79. The number of hydrogen-bond acceptors (Lipinski definition) is 2. The van der Waals surface area contributed by atoms with Gasteiger partial charge in [0.15, 0.2) is 0 Å². The van der Waals surface area contributed by atoms with E-state index in [1.165, 1.54) is 0 Å². The van der Waals surface area contributed by atoms with Gasteiger partial charge in [0.25, 0.3) is 5.91 Å². The zero-order chi connectivity index (χ0) is 17.2. The van der Waals surface area contributed by atoms with Crippen molar-refractivity contribution in [2.75, 3.05) is 5.32 Å². The van der Waals surface area contributed by atoms with Crippen molar-refractivity contribution in [3.63, 3.8) is 0 Å². The number of hydrogen-bond donors (Lipinski definition) is 2. The van der Waals surface area contributed by atoms with Gasteiger partial charge in [0.2, 0.25) is 0 Å². The molecule has 0 saturated heterocycles. The van der Waals surface area contributed by atoms with Gasteiger partial charge in [-0.3, -0.25) is 4.79 Å². The van der Waals surface area contributed by atoms with Crippen molar-refractivity contribution in [3.05, 3.63) is 83.9 Å². The number of aromatic amines is 1. The smallest absolute Gasteiger partial charge is 0.255 e. The molecular formula is C21H17N3O. The Morgan fingerprint density at radius 1 is 0.960 bits per heavy atom. The van der Waals surface area contributed by atoms with E-state index in [0.29, 0.717) is 5.56 Å². The Morgan fingerprint density at radius 3 is 2.56 bits per heavy atom. The molecule has 1 amide bonds. The first kappa shape index (κ1) is 15.1. The summed E-state index contributed by atoms with van der Waals surface area (Å²) in [6.45, 7) is 2.00. The van der Waals surface area contributed by atoms with Gasteiger partial charge in [0, 0.05) is 16.8 Å². The average Bonchev–Trinajstić information content (AvgIpc) is 3.07. The lowest BCUT2D eigenvalue weighted by atomic mass is 10.1. The van der Waals surface area contributed by atoms with E-state index in [1.807, 2.05) is 79.7 Å². The molecule has 25 heavy (non-hydrogen) atoms. The third kappa shape index (κ3) is 3.15. The van der Waals surface area contributed by atoms with Crippen LogP contribution in [0, 0.1) is 6.92 Å². The van der Waals surface area contributed by atoms with Crippen LogP contribution in [0.15, 0.2) is 72.8 Å². The van der Waals surface area contributed by atoms with Crippen LogP contribution in [0.3, 0.4) is 0 Å². The number of aryl methyl sites for hydroxylation is 1. The number of imidazole rings is 1. The molecule has 0 saturated carbocycles. The number of amides is 1. The fourth-order valence-electron chi connectivity index (χ4n) is 2.74. The molecule has 0 aliphatic rings. The second-order valence-corrected chi connectivity index (χ2v) is 6.00. The maximum Gasteiger partial charge on any atom is 0.255 e. The number of H-pyrrole nitrogens is 1. The van der Waals surface area contributed by atoms with Crippen molar-refractivity contribution in [2.45, 2.75) is 6.92 Å². The molecule has 0 unspecified atom stereocenters. The van der Waals surface area contributed by atoms with Crippen LogP contribution in [0.4, 0.5) is 5.69 Å². The first-order valence-corrected chi connectivity index (χ1v) is 8.12. The van der Waals surface area contributed by atoms with Crippen LogP contribution in [0.2, 0.25) is 0 Å². The molecule has 1 heterocycles. The van der Waals surface area contributed by atoms with E-state index in [4.69, 9.17) is 0 Å². The van der Waals surface area contributed by atoms with Crippen LogP contribution in [-0.2, 0) is 0 Å².